The SMILES string of the molecule is CCOC(=O)CCNC[C@H]1CC[C@H](Oc2ccc(CC)cc2)CC1. The smallest absolute Gasteiger partial charge is 0.307 e. The van der Waals surface area contributed by atoms with Crippen molar-refractivity contribution in [3.05, 3.63) is 29.8 Å². The molecule has 0 bridgehead atoms. The highest BCUT2D eigenvalue weighted by molar-refractivity contribution is 5.69. The van der Waals surface area contributed by atoms with Crippen LogP contribution in [0.1, 0.15) is 51.5 Å². The Labute approximate surface area is 145 Å². The average Bonchev–Trinajstić information content (AvgIpc) is 2.61. The predicted octanol–water partition coefficient (Wildman–Crippen LogP) is 3.73. The number of ether oxygens (including phenoxy) is 2. The Hall–Kier alpha value is -1.55. The molecule has 0 spiro atoms. The molecule has 0 heterocycles. The summed E-state index contributed by atoms with van der Waals surface area (Å²) in [6.07, 6.45) is 6.45. The van der Waals surface area contributed by atoms with Gasteiger partial charge in [0.05, 0.1) is 19.1 Å². The first-order chi connectivity index (χ1) is 11.7. The molecule has 0 aliphatic heterocycles. The van der Waals surface area contributed by atoms with Crippen LogP contribution in [0.15, 0.2) is 24.3 Å². The van der Waals surface area contributed by atoms with Gasteiger partial charge in [-0.1, -0.05) is 19.1 Å². The zero-order valence-corrected chi connectivity index (χ0v) is 15.1. The van der Waals surface area contributed by atoms with Crippen LogP contribution in [0, 0.1) is 5.92 Å². The number of hydrogen-bond acceptors (Lipinski definition) is 4. The summed E-state index contributed by atoms with van der Waals surface area (Å²) in [5, 5.41) is 3.38. The van der Waals surface area contributed by atoms with Crippen LogP contribution in [0.5, 0.6) is 5.75 Å². The molecule has 4 heteroatoms. The maximum atomic E-state index is 11.3. The van der Waals surface area contributed by atoms with Crippen molar-refractivity contribution in [3.8, 4) is 5.75 Å². The lowest BCUT2D eigenvalue weighted by Gasteiger charge is -2.29. The molecule has 0 amide bonds. The Morgan fingerprint density at radius 1 is 1.12 bits per heavy atom. The molecular weight excluding hydrogens is 302 g/mol. The monoisotopic (exact) mass is 333 g/mol. The van der Waals surface area contributed by atoms with Gasteiger partial charge < -0.3 is 14.8 Å². The van der Waals surface area contributed by atoms with E-state index >= 15 is 0 Å². The summed E-state index contributed by atoms with van der Waals surface area (Å²) >= 11 is 0. The number of carbonyl (C=O) groups is 1. The van der Waals surface area contributed by atoms with Gasteiger partial charge >= 0.3 is 5.97 Å². The van der Waals surface area contributed by atoms with E-state index in [0.29, 0.717) is 31.6 Å². The number of benzene rings is 1. The highest BCUT2D eigenvalue weighted by Gasteiger charge is 2.22. The van der Waals surface area contributed by atoms with Crippen LogP contribution in [0.2, 0.25) is 0 Å². The van der Waals surface area contributed by atoms with Gasteiger partial charge in [-0.2, -0.15) is 0 Å². The summed E-state index contributed by atoms with van der Waals surface area (Å²) in [7, 11) is 0. The molecule has 1 aliphatic carbocycles. The summed E-state index contributed by atoms with van der Waals surface area (Å²) < 4.78 is 11.0. The van der Waals surface area contributed by atoms with E-state index in [4.69, 9.17) is 9.47 Å². The van der Waals surface area contributed by atoms with Gasteiger partial charge in [-0.25, -0.2) is 0 Å². The fourth-order valence-electron chi connectivity index (χ4n) is 3.18. The van der Waals surface area contributed by atoms with Gasteiger partial charge in [0, 0.05) is 6.54 Å². The summed E-state index contributed by atoms with van der Waals surface area (Å²) in [6, 6.07) is 8.46. The lowest BCUT2D eigenvalue weighted by molar-refractivity contribution is -0.142. The van der Waals surface area contributed by atoms with E-state index in [-0.39, 0.29) is 5.97 Å². The van der Waals surface area contributed by atoms with E-state index in [0.717, 1.165) is 31.6 Å². The first-order valence-corrected chi connectivity index (χ1v) is 9.33. The van der Waals surface area contributed by atoms with Crippen molar-refractivity contribution in [2.24, 2.45) is 5.92 Å². The van der Waals surface area contributed by atoms with Crippen LogP contribution >= 0.6 is 0 Å². The Morgan fingerprint density at radius 3 is 2.46 bits per heavy atom. The maximum absolute atomic E-state index is 11.3. The molecule has 0 saturated heterocycles. The second-order valence-corrected chi connectivity index (χ2v) is 6.52. The summed E-state index contributed by atoms with van der Waals surface area (Å²) in [6.45, 7) is 6.16. The van der Waals surface area contributed by atoms with Crippen molar-refractivity contribution < 1.29 is 14.3 Å². The van der Waals surface area contributed by atoms with Gasteiger partial charge in [-0.05, 0) is 69.2 Å². The van der Waals surface area contributed by atoms with Crippen LogP contribution in [0.25, 0.3) is 0 Å². The van der Waals surface area contributed by atoms with Crippen LogP contribution in [0.4, 0.5) is 0 Å². The van der Waals surface area contributed by atoms with E-state index in [1.54, 1.807) is 0 Å². The minimum Gasteiger partial charge on any atom is -0.490 e. The molecule has 0 atom stereocenters. The first kappa shape index (κ1) is 18.8. The predicted molar refractivity (Wildman–Crippen MR) is 96.3 cm³/mol. The standard InChI is InChI=1S/C20H31NO3/c1-3-16-5-9-18(10-6-16)24-19-11-7-17(8-12-19)15-21-14-13-20(22)23-4-2/h5-6,9-10,17,19,21H,3-4,7-8,11-15H2,1-2H3/t17-,19-. The summed E-state index contributed by atoms with van der Waals surface area (Å²) in [5.41, 5.74) is 1.35. The van der Waals surface area contributed by atoms with Crippen molar-refractivity contribution in [3.63, 3.8) is 0 Å². The van der Waals surface area contributed by atoms with Gasteiger partial charge in [-0.3, -0.25) is 4.79 Å². The van der Waals surface area contributed by atoms with Crippen LogP contribution in [-0.4, -0.2) is 31.8 Å². The molecule has 0 radical (unpaired) electrons. The van der Waals surface area contributed by atoms with Crippen molar-refractivity contribution >= 4 is 5.97 Å². The molecule has 1 aliphatic rings. The molecule has 1 aromatic carbocycles. The highest BCUT2D eigenvalue weighted by atomic mass is 16.5. The Kier molecular flexibility index (Phi) is 8.10. The largest absolute Gasteiger partial charge is 0.490 e. The summed E-state index contributed by atoms with van der Waals surface area (Å²) in [5.74, 6) is 1.56. The molecule has 24 heavy (non-hydrogen) atoms. The number of hydrogen-bond donors (Lipinski definition) is 1. The van der Waals surface area contributed by atoms with Crippen molar-refractivity contribution in [2.45, 2.75) is 58.5 Å². The normalized spacial score (nSPS) is 20.6. The molecule has 1 N–H and O–H groups in total. The average molecular weight is 333 g/mol. The molecule has 0 unspecified atom stereocenters. The Balaban J connectivity index is 1.60. The Morgan fingerprint density at radius 2 is 1.83 bits per heavy atom. The molecule has 1 fully saturated rings. The van der Waals surface area contributed by atoms with Gasteiger partial charge in [0.2, 0.25) is 0 Å². The van der Waals surface area contributed by atoms with Crippen LogP contribution < -0.4 is 10.1 Å². The third-order valence-corrected chi connectivity index (χ3v) is 4.67. The molecule has 134 valence electrons. The van der Waals surface area contributed by atoms with Gasteiger partial charge in [0.1, 0.15) is 5.75 Å². The minimum atomic E-state index is -0.115. The zero-order chi connectivity index (χ0) is 17.2. The maximum Gasteiger partial charge on any atom is 0.307 e. The van der Waals surface area contributed by atoms with Crippen molar-refractivity contribution in [1.82, 2.24) is 5.32 Å². The van der Waals surface area contributed by atoms with E-state index in [1.165, 1.54) is 18.4 Å². The molecule has 2 rings (SSSR count). The zero-order valence-electron chi connectivity index (χ0n) is 15.1. The third kappa shape index (κ3) is 6.52. The van der Waals surface area contributed by atoms with Gasteiger partial charge in [-0.15, -0.1) is 0 Å². The fraction of sp³-hybridized carbons (Fsp3) is 0.650. The highest BCUT2D eigenvalue weighted by Crippen LogP contribution is 2.27. The van der Waals surface area contributed by atoms with Crippen molar-refractivity contribution in [1.29, 1.82) is 0 Å². The number of carbonyl (C=O) groups excluding carboxylic acids is 1. The summed E-state index contributed by atoms with van der Waals surface area (Å²) in [4.78, 5) is 11.3. The molecule has 1 saturated carbocycles. The van der Waals surface area contributed by atoms with Crippen LogP contribution in [0.3, 0.4) is 0 Å². The molecule has 4 nitrogen and oxygen atoms in total. The minimum absolute atomic E-state index is 0.115. The number of aryl methyl sites for hydroxylation is 1. The second-order valence-electron chi connectivity index (χ2n) is 6.52. The number of rotatable bonds is 9. The van der Waals surface area contributed by atoms with E-state index in [2.05, 4.69) is 36.5 Å². The molecular formula is C20H31NO3. The number of esters is 1. The lowest BCUT2D eigenvalue weighted by Crippen LogP contribution is -2.31. The fourth-order valence-corrected chi connectivity index (χ4v) is 3.18. The van der Waals surface area contributed by atoms with Gasteiger partial charge in [0.25, 0.3) is 0 Å². The second kappa shape index (κ2) is 10.3. The van der Waals surface area contributed by atoms with E-state index < -0.39 is 0 Å². The molecule has 0 aromatic heterocycles. The lowest BCUT2D eigenvalue weighted by atomic mass is 9.87. The van der Waals surface area contributed by atoms with E-state index in [1.807, 2.05) is 6.92 Å². The van der Waals surface area contributed by atoms with Crippen LogP contribution in [-0.2, 0) is 16.0 Å². The van der Waals surface area contributed by atoms with Crippen molar-refractivity contribution in [2.75, 3.05) is 19.7 Å². The quantitative estimate of drug-likeness (QED) is 0.552. The molecule has 1 aromatic rings. The van der Waals surface area contributed by atoms with Gasteiger partial charge in [0.15, 0.2) is 0 Å². The Bertz CT molecular complexity index is 478. The number of nitrogens with one attached hydrogen (secondary N) is 1. The topological polar surface area (TPSA) is 47.6 Å². The third-order valence-electron chi connectivity index (χ3n) is 4.67. The first-order valence-electron chi connectivity index (χ1n) is 9.33. The van der Waals surface area contributed by atoms with E-state index in [9.17, 15) is 4.79 Å².